The highest BCUT2D eigenvalue weighted by molar-refractivity contribution is 7.99. The van der Waals surface area contributed by atoms with Crippen molar-refractivity contribution in [3.8, 4) is 16.2 Å². The molecule has 4 aliphatic rings. The number of aliphatic hydroxyl groups is 1. The van der Waals surface area contributed by atoms with Crippen molar-refractivity contribution < 1.29 is 38.2 Å². The van der Waals surface area contributed by atoms with Crippen LogP contribution in [-0.4, -0.2) is 129 Å². The van der Waals surface area contributed by atoms with Crippen molar-refractivity contribution in [2.24, 2.45) is 22.5 Å². The fourth-order valence-corrected chi connectivity index (χ4v) is 11.3. The minimum atomic E-state index is -1.99. The number of anilines is 2. The van der Waals surface area contributed by atoms with Crippen LogP contribution >= 0.6 is 34.7 Å². The molecule has 21 heteroatoms. The molecule has 392 valence electrons. The first-order valence-corrected chi connectivity index (χ1v) is 27.0. The molecule has 0 spiro atoms. The largest absolute Gasteiger partial charge is 0.493 e. The molecule has 5 amide bonds. The summed E-state index contributed by atoms with van der Waals surface area (Å²) in [5.41, 5.74) is 7.94. The van der Waals surface area contributed by atoms with E-state index in [-0.39, 0.29) is 56.0 Å². The van der Waals surface area contributed by atoms with E-state index in [9.17, 15) is 33.5 Å². The van der Waals surface area contributed by atoms with Gasteiger partial charge in [-0.3, -0.25) is 24.0 Å². The molecule has 8 rings (SSSR count). The van der Waals surface area contributed by atoms with Crippen LogP contribution < -0.4 is 31.3 Å². The second-order valence-corrected chi connectivity index (χ2v) is 23.5. The molecule has 1 aliphatic carbocycles. The first kappa shape index (κ1) is 53.9. The maximum Gasteiger partial charge on any atom is 0.258 e. The van der Waals surface area contributed by atoms with Crippen molar-refractivity contribution >= 4 is 75.7 Å². The maximum atomic E-state index is 14.7. The second-order valence-electron chi connectivity index (χ2n) is 21.2. The summed E-state index contributed by atoms with van der Waals surface area (Å²) in [6.45, 7) is 13.0. The Labute approximate surface area is 438 Å². The molecule has 5 heterocycles. The number of carbonyl (C=O) groups is 5. The number of thiazole rings is 1. The average Bonchev–Trinajstić information content (AvgIpc) is 3.78. The molecular weight excluding hydrogens is 995 g/mol. The number of alkyl halides is 1. The number of amides is 5. The highest BCUT2D eigenvalue weighted by Gasteiger charge is 2.53. The van der Waals surface area contributed by atoms with Gasteiger partial charge in [0.25, 0.3) is 5.91 Å². The van der Waals surface area contributed by atoms with Gasteiger partial charge in [-0.25, -0.2) is 19.3 Å². The quantitative estimate of drug-likeness (QED) is 0.0710. The van der Waals surface area contributed by atoms with Crippen LogP contribution in [0.2, 0.25) is 5.02 Å². The van der Waals surface area contributed by atoms with Gasteiger partial charge in [0, 0.05) is 56.1 Å². The van der Waals surface area contributed by atoms with Gasteiger partial charge in [-0.2, -0.15) is 0 Å². The van der Waals surface area contributed by atoms with Crippen molar-refractivity contribution in [1.82, 2.24) is 35.4 Å². The summed E-state index contributed by atoms with van der Waals surface area (Å²) in [6, 6.07) is 8.90. The average molecular weight is 1060 g/mol. The predicted molar refractivity (Wildman–Crippen MR) is 279 cm³/mol. The first-order valence-electron chi connectivity index (χ1n) is 25.0. The van der Waals surface area contributed by atoms with Crippen LogP contribution in [0, 0.1) is 23.7 Å². The summed E-state index contributed by atoms with van der Waals surface area (Å²) < 4.78 is 21.2. The minimum absolute atomic E-state index is 0.00183. The number of β-amino-alcohol motifs (C(OH)–C–C–N with tert-alkyl or cyclic N) is 1. The Bertz CT molecular complexity index is 2670. The number of aromatic nitrogens is 3. The number of halogens is 2. The van der Waals surface area contributed by atoms with Crippen molar-refractivity contribution in [2.75, 3.05) is 56.1 Å². The minimum Gasteiger partial charge on any atom is -0.493 e. The number of nitrogens with one attached hydrogen (secondary N) is 3. The van der Waals surface area contributed by atoms with Crippen molar-refractivity contribution in [3.05, 3.63) is 70.6 Å². The lowest BCUT2D eigenvalue weighted by Gasteiger charge is -2.39. The number of carbonyl (C=O) groups excluding carboxylic acids is 5. The van der Waals surface area contributed by atoms with Gasteiger partial charge in [0.05, 0.1) is 51.9 Å². The molecular formula is C52H66ClFN10O7S2. The number of ether oxygens (including phenoxy) is 1. The van der Waals surface area contributed by atoms with Crippen molar-refractivity contribution in [3.63, 3.8) is 0 Å². The normalized spacial score (nSPS) is 20.0. The first-order chi connectivity index (χ1) is 34.7. The van der Waals surface area contributed by atoms with Crippen LogP contribution in [0.25, 0.3) is 10.4 Å². The molecule has 17 nitrogen and oxygen atoms in total. The molecule has 4 aromatic rings. The molecule has 1 saturated carbocycles. The Morgan fingerprint density at radius 1 is 1.03 bits per heavy atom. The smallest absolute Gasteiger partial charge is 0.258 e. The number of aryl methyl sites for hydroxylation is 1. The molecule has 73 heavy (non-hydrogen) atoms. The van der Waals surface area contributed by atoms with Gasteiger partial charge in [0.2, 0.25) is 23.6 Å². The predicted octanol–water partition coefficient (Wildman–Crippen LogP) is 6.54. The molecule has 2 aromatic carbocycles. The van der Waals surface area contributed by atoms with E-state index < -0.39 is 52.9 Å². The molecule has 3 atom stereocenters. The summed E-state index contributed by atoms with van der Waals surface area (Å²) in [6.07, 6.45) is 5.63. The van der Waals surface area contributed by atoms with E-state index in [0.717, 1.165) is 47.9 Å². The number of nitrogens with zero attached hydrogens (tertiary/aromatic N) is 6. The summed E-state index contributed by atoms with van der Waals surface area (Å²) in [5.74, 6) is -1.21. The zero-order valence-corrected chi connectivity index (χ0v) is 44.4. The number of hydrogen-bond donors (Lipinski definition) is 5. The van der Waals surface area contributed by atoms with E-state index in [2.05, 4.69) is 42.7 Å². The third kappa shape index (κ3) is 13.1. The highest BCUT2D eigenvalue weighted by Crippen LogP contribution is 2.41. The molecule has 4 fully saturated rings. The van der Waals surface area contributed by atoms with E-state index in [1.807, 2.05) is 31.2 Å². The number of nitrogens with two attached hydrogens (primary N) is 1. The summed E-state index contributed by atoms with van der Waals surface area (Å²) in [7, 11) is 0. The van der Waals surface area contributed by atoms with Crippen LogP contribution in [0.3, 0.4) is 0 Å². The van der Waals surface area contributed by atoms with Crippen LogP contribution in [0.1, 0.15) is 90.3 Å². The van der Waals surface area contributed by atoms with E-state index in [4.69, 9.17) is 22.1 Å². The lowest BCUT2D eigenvalue weighted by Crippen LogP contribution is -2.59. The van der Waals surface area contributed by atoms with Gasteiger partial charge < -0.3 is 46.2 Å². The summed E-state index contributed by atoms with van der Waals surface area (Å²) >= 11 is 9.61. The lowest BCUT2D eigenvalue weighted by molar-refractivity contribution is -0.145. The topological polar surface area (TPSA) is 225 Å². The van der Waals surface area contributed by atoms with Crippen LogP contribution in [-0.2, 0) is 30.5 Å². The third-order valence-electron chi connectivity index (χ3n) is 14.5. The van der Waals surface area contributed by atoms with Crippen molar-refractivity contribution in [1.29, 1.82) is 0 Å². The molecule has 0 radical (unpaired) electrons. The summed E-state index contributed by atoms with van der Waals surface area (Å²) in [5, 5.41) is 20.0. The SMILES string of the molecule is Cc1ncsc1-c1ccc(CNC(=O)[C@@H]2C[C@@H](O)CN2C(=O)[C@@H](NC(=O)C2(F)CC2)C(C)(C)C)c(OCC2CCN(C(=O)CC(=O)Nc3cccc(Sc4cnc(N5CCC(C)(CN)CC5)cn4)c3Cl)CC2)c1. The van der Waals surface area contributed by atoms with Crippen LogP contribution in [0.15, 0.2) is 64.2 Å². The van der Waals surface area contributed by atoms with Gasteiger partial charge in [-0.05, 0) is 92.5 Å². The number of benzene rings is 2. The van der Waals surface area contributed by atoms with E-state index in [1.165, 1.54) is 28.0 Å². The lowest BCUT2D eigenvalue weighted by atomic mass is 9.80. The molecule has 0 unspecified atom stereocenters. The Hall–Kier alpha value is -5.41. The number of likely N-dealkylation sites (tertiary alicyclic amines) is 2. The van der Waals surface area contributed by atoms with Gasteiger partial charge in [0.1, 0.15) is 35.1 Å². The zero-order valence-electron chi connectivity index (χ0n) is 42.0. The summed E-state index contributed by atoms with van der Waals surface area (Å²) in [4.78, 5) is 87.8. The third-order valence-corrected chi connectivity index (χ3v) is 17.0. The Balaban J connectivity index is 0.834. The Morgan fingerprint density at radius 2 is 1.77 bits per heavy atom. The van der Waals surface area contributed by atoms with Gasteiger partial charge in [-0.15, -0.1) is 11.3 Å². The number of rotatable bonds is 17. The van der Waals surface area contributed by atoms with E-state index >= 15 is 0 Å². The van der Waals surface area contributed by atoms with E-state index in [0.29, 0.717) is 71.0 Å². The molecule has 0 bridgehead atoms. The van der Waals surface area contributed by atoms with Gasteiger partial charge in [0.15, 0.2) is 5.67 Å². The zero-order chi connectivity index (χ0) is 52.2. The van der Waals surface area contributed by atoms with E-state index in [1.54, 1.807) is 55.7 Å². The van der Waals surface area contributed by atoms with Crippen LogP contribution in [0.4, 0.5) is 15.9 Å². The fraction of sp³-hybridized carbons (Fsp3) is 0.538. The van der Waals surface area contributed by atoms with Gasteiger partial charge >= 0.3 is 0 Å². The van der Waals surface area contributed by atoms with Crippen molar-refractivity contribution in [2.45, 2.75) is 126 Å². The number of hydrogen-bond acceptors (Lipinski definition) is 14. The highest BCUT2D eigenvalue weighted by atomic mass is 35.5. The molecule has 3 aliphatic heterocycles. The Morgan fingerprint density at radius 3 is 2.41 bits per heavy atom. The maximum absolute atomic E-state index is 14.7. The second kappa shape index (κ2) is 22.6. The Kier molecular flexibility index (Phi) is 16.7. The molecule has 2 aromatic heterocycles. The number of piperidine rings is 2. The molecule has 6 N–H and O–H groups in total. The standard InChI is InChI=1S/C52H66ClFN10O7S2/c1-31-45(72-30-59-31)33-9-10-34(24-58-47(68)37-22-35(65)27-64(37)48(69)46(50(2,3)4)61-49(70)52(54)13-14-52)38(21-33)71-28-32-11-17-63(18-12-32)43(67)23-41(66)60-36-7-6-8-39(44(36)53)73-42-26-56-40(25-57-42)62-19-15-51(5,29-55)16-20-62/h6-10,21,25-26,30,32,35,37,46,65H,11-20,22-24,27-29,55H2,1-5H3,(H,58,68)(H,60,66)(H,61,70)/t35-,37+,46-/m1/s1. The van der Waals surface area contributed by atoms with Crippen LogP contribution in [0.5, 0.6) is 5.75 Å². The fourth-order valence-electron chi connectivity index (χ4n) is 9.38. The monoisotopic (exact) mass is 1060 g/mol. The van der Waals surface area contributed by atoms with Gasteiger partial charge in [-0.1, -0.05) is 69.3 Å². The molecule has 3 saturated heterocycles. The number of aliphatic hydroxyl groups excluding tert-OH is 1.